The molecule has 0 bridgehead atoms. The zero-order valence-corrected chi connectivity index (χ0v) is 13.0. The first-order valence-electron chi connectivity index (χ1n) is 7.57. The van der Waals surface area contributed by atoms with Crippen LogP contribution in [-0.4, -0.2) is 25.8 Å². The number of benzene rings is 2. The van der Waals surface area contributed by atoms with Gasteiger partial charge >= 0.3 is 5.97 Å². The van der Waals surface area contributed by atoms with E-state index in [0.717, 1.165) is 16.8 Å². The highest BCUT2D eigenvalue weighted by Crippen LogP contribution is 2.44. The second-order valence-corrected chi connectivity index (χ2v) is 5.71. The first kappa shape index (κ1) is 14.6. The van der Waals surface area contributed by atoms with Crippen LogP contribution in [0, 0.1) is 0 Å². The average Bonchev–Trinajstić information content (AvgIpc) is 3.06. The van der Waals surface area contributed by atoms with Crippen LogP contribution >= 0.6 is 0 Å². The minimum Gasteiger partial charge on any atom is -0.465 e. The summed E-state index contributed by atoms with van der Waals surface area (Å²) in [4.78, 5) is 23.6. The summed E-state index contributed by atoms with van der Waals surface area (Å²) >= 11 is 0. The quantitative estimate of drug-likeness (QED) is 0.859. The monoisotopic (exact) mass is 325 g/mol. The topological polar surface area (TPSA) is 73.9 Å². The highest BCUT2D eigenvalue weighted by atomic mass is 16.7. The van der Waals surface area contributed by atoms with Crippen LogP contribution in [0.4, 0.5) is 5.69 Å². The summed E-state index contributed by atoms with van der Waals surface area (Å²) in [6.07, 6.45) is 0.338. The molecule has 2 aliphatic rings. The van der Waals surface area contributed by atoms with Gasteiger partial charge in [-0.15, -0.1) is 0 Å². The van der Waals surface area contributed by atoms with E-state index in [1.165, 1.54) is 7.11 Å². The maximum atomic E-state index is 12.1. The number of fused-ring (bicyclic) bond motifs is 2. The molecule has 0 radical (unpaired) electrons. The molecule has 0 saturated heterocycles. The van der Waals surface area contributed by atoms with Crippen LogP contribution < -0.4 is 14.8 Å². The lowest BCUT2D eigenvalue weighted by Crippen LogP contribution is -2.23. The summed E-state index contributed by atoms with van der Waals surface area (Å²) in [6.45, 7) is 0.185. The van der Waals surface area contributed by atoms with Gasteiger partial charge in [-0.2, -0.15) is 0 Å². The van der Waals surface area contributed by atoms with E-state index in [2.05, 4.69) is 5.32 Å². The van der Waals surface area contributed by atoms with E-state index in [1.807, 2.05) is 18.2 Å². The number of ether oxygens (including phenoxy) is 3. The second-order valence-electron chi connectivity index (χ2n) is 5.71. The van der Waals surface area contributed by atoms with Gasteiger partial charge in [-0.1, -0.05) is 12.1 Å². The largest absolute Gasteiger partial charge is 0.465 e. The van der Waals surface area contributed by atoms with Gasteiger partial charge in [0.1, 0.15) is 0 Å². The van der Waals surface area contributed by atoms with Crippen molar-refractivity contribution in [3.63, 3.8) is 0 Å². The Hall–Kier alpha value is -3.02. The van der Waals surface area contributed by atoms with Crippen LogP contribution in [-0.2, 0) is 9.53 Å². The number of hydrogen-bond donors (Lipinski definition) is 1. The zero-order valence-electron chi connectivity index (χ0n) is 13.0. The fourth-order valence-corrected chi connectivity index (χ4v) is 3.12. The van der Waals surface area contributed by atoms with Crippen molar-refractivity contribution in [2.24, 2.45) is 0 Å². The molecule has 0 spiro atoms. The van der Waals surface area contributed by atoms with Crippen LogP contribution in [0.1, 0.15) is 33.8 Å². The number of nitrogens with one attached hydrogen (secondary N) is 1. The summed E-state index contributed by atoms with van der Waals surface area (Å²) < 4.78 is 15.5. The van der Waals surface area contributed by atoms with Crippen LogP contribution in [0.15, 0.2) is 36.4 Å². The number of hydrogen-bond acceptors (Lipinski definition) is 5. The van der Waals surface area contributed by atoms with Gasteiger partial charge in [0, 0.05) is 24.1 Å². The molecule has 6 nitrogen and oxygen atoms in total. The Labute approximate surface area is 138 Å². The minimum atomic E-state index is -0.383. The van der Waals surface area contributed by atoms with Gasteiger partial charge in [0.05, 0.1) is 12.7 Å². The Balaban J connectivity index is 1.74. The molecule has 1 N–H and O–H groups in total. The molecule has 2 aromatic carbocycles. The molecule has 2 aromatic rings. The van der Waals surface area contributed by atoms with Gasteiger partial charge in [0.2, 0.25) is 12.7 Å². The van der Waals surface area contributed by atoms with E-state index < -0.39 is 0 Å². The number of carbonyl (C=O) groups excluding carboxylic acids is 2. The van der Waals surface area contributed by atoms with Crippen LogP contribution in [0.3, 0.4) is 0 Å². The number of rotatable bonds is 2. The fourth-order valence-electron chi connectivity index (χ4n) is 3.12. The molecule has 1 atom stereocenters. The van der Waals surface area contributed by atoms with Crippen LogP contribution in [0.2, 0.25) is 0 Å². The summed E-state index contributed by atoms with van der Waals surface area (Å²) in [5, 5.41) is 2.88. The summed E-state index contributed by atoms with van der Waals surface area (Å²) in [5.74, 6) is 0.780. The molecular weight excluding hydrogens is 310 g/mol. The molecule has 2 heterocycles. The van der Waals surface area contributed by atoms with E-state index in [4.69, 9.17) is 14.2 Å². The number of esters is 1. The summed E-state index contributed by atoms with van der Waals surface area (Å²) in [5.41, 5.74) is 3.15. The van der Waals surface area contributed by atoms with E-state index in [9.17, 15) is 9.59 Å². The summed E-state index contributed by atoms with van der Waals surface area (Å²) in [6, 6.07) is 10.8. The Morgan fingerprint density at radius 3 is 2.58 bits per heavy atom. The summed E-state index contributed by atoms with van der Waals surface area (Å²) in [7, 11) is 1.35. The highest BCUT2D eigenvalue weighted by Gasteiger charge is 2.29. The van der Waals surface area contributed by atoms with E-state index >= 15 is 0 Å². The van der Waals surface area contributed by atoms with Crippen molar-refractivity contribution >= 4 is 17.6 Å². The lowest BCUT2D eigenvalue weighted by atomic mass is 9.84. The second kappa shape index (κ2) is 5.56. The number of amides is 1. The SMILES string of the molecule is COC(=O)c1ccc([C@@H]2CC(=O)Nc3cc4c(cc32)OCO4)cc1. The molecule has 122 valence electrons. The van der Waals surface area contributed by atoms with Crippen molar-refractivity contribution in [1.82, 2.24) is 0 Å². The van der Waals surface area contributed by atoms with Crippen molar-refractivity contribution in [3.05, 3.63) is 53.1 Å². The third-order valence-electron chi connectivity index (χ3n) is 4.32. The molecule has 0 aromatic heterocycles. The lowest BCUT2D eigenvalue weighted by molar-refractivity contribution is -0.116. The fraction of sp³-hybridized carbons (Fsp3) is 0.222. The number of methoxy groups -OCH3 is 1. The maximum Gasteiger partial charge on any atom is 0.337 e. The molecule has 2 aliphatic heterocycles. The standard InChI is InChI=1S/C18H15NO5/c1-22-18(21)11-4-2-10(3-5-11)12-7-17(20)19-14-8-16-15(6-13(12)14)23-9-24-16/h2-6,8,12H,7,9H2,1H3,(H,19,20)/t12-/m0/s1. The smallest absolute Gasteiger partial charge is 0.337 e. The third-order valence-corrected chi connectivity index (χ3v) is 4.32. The molecule has 0 fully saturated rings. The van der Waals surface area contributed by atoms with Crippen molar-refractivity contribution in [3.8, 4) is 11.5 Å². The predicted molar refractivity (Wildman–Crippen MR) is 85.4 cm³/mol. The molecule has 0 saturated carbocycles. The van der Waals surface area contributed by atoms with Gasteiger partial charge in [0.25, 0.3) is 0 Å². The molecule has 24 heavy (non-hydrogen) atoms. The highest BCUT2D eigenvalue weighted by molar-refractivity contribution is 5.96. The van der Waals surface area contributed by atoms with Crippen molar-refractivity contribution in [2.45, 2.75) is 12.3 Å². The van der Waals surface area contributed by atoms with Crippen molar-refractivity contribution < 1.29 is 23.8 Å². The zero-order chi connectivity index (χ0) is 16.7. The van der Waals surface area contributed by atoms with Gasteiger partial charge in [-0.25, -0.2) is 4.79 Å². The first-order valence-corrected chi connectivity index (χ1v) is 7.57. The van der Waals surface area contributed by atoms with Crippen LogP contribution in [0.5, 0.6) is 11.5 Å². The third kappa shape index (κ3) is 2.36. The number of anilines is 1. The predicted octanol–water partition coefficient (Wildman–Crippen LogP) is 2.68. The molecule has 0 aliphatic carbocycles. The normalized spacial score (nSPS) is 17.9. The average molecular weight is 325 g/mol. The molecule has 6 heteroatoms. The Morgan fingerprint density at radius 1 is 1.17 bits per heavy atom. The molecule has 4 rings (SSSR count). The Morgan fingerprint density at radius 2 is 1.88 bits per heavy atom. The van der Waals surface area contributed by atoms with E-state index in [1.54, 1.807) is 18.2 Å². The minimum absolute atomic E-state index is 0.0524. The van der Waals surface area contributed by atoms with Crippen molar-refractivity contribution in [1.29, 1.82) is 0 Å². The molecular formula is C18H15NO5. The van der Waals surface area contributed by atoms with E-state index in [0.29, 0.717) is 23.5 Å². The van der Waals surface area contributed by atoms with E-state index in [-0.39, 0.29) is 24.6 Å². The lowest BCUT2D eigenvalue weighted by Gasteiger charge is -2.26. The maximum absolute atomic E-state index is 12.1. The van der Waals surface area contributed by atoms with Gasteiger partial charge in [-0.3, -0.25) is 4.79 Å². The van der Waals surface area contributed by atoms with Gasteiger partial charge in [-0.05, 0) is 29.3 Å². The molecule has 1 amide bonds. The van der Waals surface area contributed by atoms with Crippen LogP contribution in [0.25, 0.3) is 0 Å². The van der Waals surface area contributed by atoms with Gasteiger partial charge in [0.15, 0.2) is 11.5 Å². The van der Waals surface area contributed by atoms with Crippen molar-refractivity contribution in [2.75, 3.05) is 19.2 Å². The first-order chi connectivity index (χ1) is 11.7. The Bertz CT molecular complexity index is 828. The van der Waals surface area contributed by atoms with Gasteiger partial charge < -0.3 is 19.5 Å². The Kier molecular flexibility index (Phi) is 3.37. The number of carbonyl (C=O) groups is 2. The molecule has 0 unspecified atom stereocenters.